The quantitative estimate of drug-likeness (QED) is 0.795. The fourth-order valence-electron chi connectivity index (χ4n) is 2.06. The summed E-state index contributed by atoms with van der Waals surface area (Å²) in [5.41, 5.74) is 0. The Bertz CT molecular complexity index is 530. The second-order valence-corrected chi connectivity index (χ2v) is 7.59. The van der Waals surface area contributed by atoms with Crippen LogP contribution in [0.3, 0.4) is 0 Å². The highest BCUT2D eigenvalue weighted by molar-refractivity contribution is 7.89. The van der Waals surface area contributed by atoms with Gasteiger partial charge in [-0.05, 0) is 25.0 Å². The van der Waals surface area contributed by atoms with Crippen LogP contribution in [-0.2, 0) is 10.0 Å². The highest BCUT2D eigenvalue weighted by Crippen LogP contribution is 2.22. The Kier molecular flexibility index (Phi) is 4.32. The molecule has 0 amide bonds. The van der Waals surface area contributed by atoms with E-state index in [1.807, 2.05) is 0 Å². The molecule has 1 fully saturated rings. The number of hydrogen-bond acceptors (Lipinski definition) is 4. The monoisotopic (exact) mass is 303 g/mol. The van der Waals surface area contributed by atoms with Gasteiger partial charge < -0.3 is 4.90 Å². The molecule has 7 heteroatoms. The van der Waals surface area contributed by atoms with Gasteiger partial charge >= 0.3 is 0 Å². The lowest BCUT2D eigenvalue weighted by Gasteiger charge is -2.30. The third-order valence-electron chi connectivity index (χ3n) is 3.19. The molecule has 0 radical (unpaired) electrons. The molecule has 1 aromatic rings. The van der Waals surface area contributed by atoms with Crippen LogP contribution < -0.4 is 4.90 Å². The number of piperidine rings is 1. The zero-order valence-corrected chi connectivity index (χ0v) is 12.7. The van der Waals surface area contributed by atoms with Gasteiger partial charge in [0.2, 0.25) is 10.0 Å². The number of halogens is 1. The number of pyridine rings is 1. The van der Waals surface area contributed by atoms with Crippen molar-refractivity contribution in [1.82, 2.24) is 9.29 Å². The third kappa shape index (κ3) is 3.19. The van der Waals surface area contributed by atoms with Gasteiger partial charge in [0.1, 0.15) is 10.7 Å². The maximum atomic E-state index is 11.9. The number of sulfonamides is 1. The summed E-state index contributed by atoms with van der Waals surface area (Å²) in [6.45, 7) is 1.67. The van der Waals surface area contributed by atoms with Crippen molar-refractivity contribution in [2.45, 2.75) is 23.1 Å². The molecule has 19 heavy (non-hydrogen) atoms. The molecule has 1 atom stereocenters. The van der Waals surface area contributed by atoms with Crippen LogP contribution in [0.4, 0.5) is 5.82 Å². The lowest BCUT2D eigenvalue weighted by atomic mass is 10.1. The molecule has 1 aliphatic rings. The van der Waals surface area contributed by atoms with Crippen molar-refractivity contribution >= 4 is 27.4 Å². The van der Waals surface area contributed by atoms with E-state index in [1.54, 1.807) is 12.1 Å². The summed E-state index contributed by atoms with van der Waals surface area (Å²) in [4.78, 5) is 6.55. The van der Waals surface area contributed by atoms with Gasteiger partial charge in [-0.3, -0.25) is 0 Å². The molecule has 2 heterocycles. The number of nitrogens with zero attached hydrogens (tertiary/aromatic N) is 3. The second kappa shape index (κ2) is 5.64. The van der Waals surface area contributed by atoms with Crippen molar-refractivity contribution in [1.29, 1.82) is 0 Å². The Hall–Kier alpha value is -0.850. The maximum Gasteiger partial charge on any atom is 0.244 e. The zero-order chi connectivity index (χ0) is 14.0. The first-order valence-corrected chi connectivity index (χ1v) is 8.06. The van der Waals surface area contributed by atoms with Gasteiger partial charge in [0.15, 0.2) is 0 Å². The minimum atomic E-state index is -3.41. The molecule has 2 rings (SSSR count). The normalized spacial score (nSPS) is 20.8. The van der Waals surface area contributed by atoms with E-state index in [2.05, 4.69) is 9.88 Å². The SMILES string of the molecule is CN(C)S(=O)(=O)c1ccc(N2CCCC(Cl)C2)nc1. The fraction of sp³-hybridized carbons (Fsp3) is 0.583. The average molecular weight is 304 g/mol. The molecular formula is C12H18ClN3O2S. The Morgan fingerprint density at radius 1 is 1.42 bits per heavy atom. The van der Waals surface area contributed by atoms with E-state index in [-0.39, 0.29) is 10.3 Å². The minimum Gasteiger partial charge on any atom is -0.355 e. The van der Waals surface area contributed by atoms with E-state index in [9.17, 15) is 8.42 Å². The highest BCUT2D eigenvalue weighted by Gasteiger charge is 2.21. The Morgan fingerprint density at radius 3 is 2.68 bits per heavy atom. The van der Waals surface area contributed by atoms with Crippen LogP contribution in [-0.4, -0.2) is 50.3 Å². The van der Waals surface area contributed by atoms with E-state index in [1.165, 1.54) is 24.6 Å². The molecule has 0 bridgehead atoms. The van der Waals surface area contributed by atoms with Gasteiger partial charge in [0, 0.05) is 33.4 Å². The van der Waals surface area contributed by atoms with Crippen LogP contribution in [0.25, 0.3) is 0 Å². The van der Waals surface area contributed by atoms with Crippen LogP contribution in [0.5, 0.6) is 0 Å². The van der Waals surface area contributed by atoms with Gasteiger partial charge in [0.25, 0.3) is 0 Å². The number of rotatable bonds is 3. The molecule has 1 aromatic heterocycles. The Labute approximate surface area is 119 Å². The maximum absolute atomic E-state index is 11.9. The molecule has 1 saturated heterocycles. The first-order chi connectivity index (χ1) is 8.91. The lowest BCUT2D eigenvalue weighted by molar-refractivity contribution is 0.520. The van der Waals surface area contributed by atoms with Crippen molar-refractivity contribution in [2.75, 3.05) is 32.1 Å². The second-order valence-electron chi connectivity index (χ2n) is 4.83. The van der Waals surface area contributed by atoms with Crippen molar-refractivity contribution in [2.24, 2.45) is 0 Å². The van der Waals surface area contributed by atoms with Crippen molar-refractivity contribution < 1.29 is 8.42 Å². The van der Waals surface area contributed by atoms with Crippen molar-refractivity contribution in [3.8, 4) is 0 Å². The molecule has 106 valence electrons. The van der Waals surface area contributed by atoms with E-state index in [0.29, 0.717) is 0 Å². The van der Waals surface area contributed by atoms with Crippen molar-refractivity contribution in [3.63, 3.8) is 0 Å². The van der Waals surface area contributed by atoms with Gasteiger partial charge in [-0.25, -0.2) is 17.7 Å². The lowest BCUT2D eigenvalue weighted by Crippen LogP contribution is -2.36. The molecule has 0 spiro atoms. The standard InChI is InChI=1S/C12H18ClN3O2S/c1-15(2)19(17,18)11-5-6-12(14-8-11)16-7-3-4-10(13)9-16/h5-6,8,10H,3-4,7,9H2,1-2H3. The third-order valence-corrected chi connectivity index (χ3v) is 5.34. The summed E-state index contributed by atoms with van der Waals surface area (Å²) in [7, 11) is -0.397. The molecule has 0 N–H and O–H groups in total. The zero-order valence-electron chi connectivity index (χ0n) is 11.1. The van der Waals surface area contributed by atoms with E-state index in [4.69, 9.17) is 11.6 Å². The Morgan fingerprint density at radius 2 is 2.16 bits per heavy atom. The first kappa shape index (κ1) is 14.6. The van der Waals surface area contributed by atoms with Crippen LogP contribution in [0.1, 0.15) is 12.8 Å². The van der Waals surface area contributed by atoms with Gasteiger partial charge in [-0.15, -0.1) is 11.6 Å². The van der Waals surface area contributed by atoms with E-state index >= 15 is 0 Å². The molecule has 0 saturated carbocycles. The smallest absolute Gasteiger partial charge is 0.244 e. The van der Waals surface area contributed by atoms with E-state index < -0.39 is 10.0 Å². The summed E-state index contributed by atoms with van der Waals surface area (Å²) < 4.78 is 25.0. The minimum absolute atomic E-state index is 0.140. The molecule has 0 aromatic carbocycles. The largest absolute Gasteiger partial charge is 0.355 e. The molecule has 1 unspecified atom stereocenters. The van der Waals surface area contributed by atoms with Crippen LogP contribution in [0, 0.1) is 0 Å². The van der Waals surface area contributed by atoms with Gasteiger partial charge in [0.05, 0.1) is 5.38 Å². The summed E-state index contributed by atoms with van der Waals surface area (Å²) >= 11 is 6.13. The van der Waals surface area contributed by atoms with Gasteiger partial charge in [-0.1, -0.05) is 0 Å². The van der Waals surface area contributed by atoms with Crippen LogP contribution >= 0.6 is 11.6 Å². The average Bonchev–Trinajstić information content (AvgIpc) is 2.38. The number of anilines is 1. The predicted octanol–water partition coefficient (Wildman–Crippen LogP) is 1.54. The number of alkyl halides is 1. The highest BCUT2D eigenvalue weighted by atomic mass is 35.5. The van der Waals surface area contributed by atoms with Crippen molar-refractivity contribution in [3.05, 3.63) is 18.3 Å². The number of aromatic nitrogens is 1. The molecule has 5 nitrogen and oxygen atoms in total. The molecule has 0 aliphatic carbocycles. The van der Waals surface area contributed by atoms with Crippen LogP contribution in [0.2, 0.25) is 0 Å². The topological polar surface area (TPSA) is 53.5 Å². The summed E-state index contributed by atoms with van der Waals surface area (Å²) in [5.74, 6) is 0.781. The van der Waals surface area contributed by atoms with Gasteiger partial charge in [-0.2, -0.15) is 0 Å². The van der Waals surface area contributed by atoms with Crippen LogP contribution in [0.15, 0.2) is 23.2 Å². The van der Waals surface area contributed by atoms with E-state index in [0.717, 1.165) is 31.7 Å². The fourth-order valence-corrected chi connectivity index (χ4v) is 3.22. The predicted molar refractivity (Wildman–Crippen MR) is 76.2 cm³/mol. The summed E-state index contributed by atoms with van der Waals surface area (Å²) in [5, 5.41) is 0.140. The molecular weight excluding hydrogens is 286 g/mol. The number of hydrogen-bond donors (Lipinski definition) is 0. The summed E-state index contributed by atoms with van der Waals surface area (Å²) in [6.07, 6.45) is 3.46. The first-order valence-electron chi connectivity index (χ1n) is 6.19. The molecule has 1 aliphatic heterocycles. The Balaban J connectivity index is 2.19. The summed E-state index contributed by atoms with van der Waals surface area (Å²) in [6, 6.07) is 3.33.